The van der Waals surface area contributed by atoms with Crippen LogP contribution in [0.25, 0.3) is 0 Å². The molecule has 0 radical (unpaired) electrons. The van der Waals surface area contributed by atoms with Crippen LogP contribution in [0.15, 0.2) is 0 Å². The summed E-state index contributed by atoms with van der Waals surface area (Å²) < 4.78 is 0. The number of carboxylic acids is 2. The highest BCUT2D eigenvalue weighted by Crippen LogP contribution is 2.26. The third kappa shape index (κ3) is 4.18. The number of aliphatic carboxylic acids is 2. The maximum atomic E-state index is 10.8. The van der Waals surface area contributed by atoms with Crippen LogP contribution in [0.1, 0.15) is 39.5 Å². The Morgan fingerprint density at radius 1 is 1.12 bits per heavy atom. The summed E-state index contributed by atoms with van der Waals surface area (Å²) in [7, 11) is 1.79. The number of nitrogens with zero attached hydrogens (tertiary/aromatic N) is 1. The van der Waals surface area contributed by atoms with Crippen LogP contribution in [0.5, 0.6) is 0 Å². The molecule has 0 aromatic rings. The average Bonchev–Trinajstić information content (AvgIpc) is 2.22. The van der Waals surface area contributed by atoms with Gasteiger partial charge in [-0.25, -0.2) is 0 Å². The summed E-state index contributed by atoms with van der Waals surface area (Å²) in [5.74, 6) is -1.70. The Morgan fingerprint density at radius 3 is 1.94 bits per heavy atom. The van der Waals surface area contributed by atoms with Crippen LogP contribution in [-0.4, -0.2) is 46.2 Å². The number of carbonyl (C=O) groups is 2. The first kappa shape index (κ1) is 14.9. The highest BCUT2D eigenvalue weighted by atomic mass is 16.4. The second-order valence-corrected chi connectivity index (χ2v) is 4.07. The second-order valence-electron chi connectivity index (χ2n) is 4.07. The van der Waals surface area contributed by atoms with Crippen molar-refractivity contribution in [2.24, 2.45) is 0 Å². The normalized spacial score (nSPS) is 11.8. The Bertz CT molecular complexity index is 248. The largest absolute Gasteiger partial charge is 0.481 e. The molecule has 0 amide bonds. The van der Waals surface area contributed by atoms with Crippen molar-refractivity contribution in [3.63, 3.8) is 0 Å². The summed E-state index contributed by atoms with van der Waals surface area (Å²) >= 11 is 0. The monoisotopic (exact) mass is 231 g/mol. The summed E-state index contributed by atoms with van der Waals surface area (Å²) in [5, 5.41) is 17.5. The minimum absolute atomic E-state index is 0.0396. The van der Waals surface area contributed by atoms with Gasteiger partial charge in [-0.2, -0.15) is 0 Å². The molecule has 0 atom stereocenters. The van der Waals surface area contributed by atoms with Gasteiger partial charge in [0.2, 0.25) is 0 Å². The van der Waals surface area contributed by atoms with Gasteiger partial charge in [-0.3, -0.25) is 14.5 Å². The predicted octanol–water partition coefficient (Wildman–Crippen LogP) is 1.43. The fourth-order valence-electron chi connectivity index (χ4n) is 1.96. The van der Waals surface area contributed by atoms with E-state index in [4.69, 9.17) is 10.2 Å². The maximum Gasteiger partial charge on any atom is 0.305 e. The van der Waals surface area contributed by atoms with Crippen molar-refractivity contribution in [2.45, 2.75) is 45.1 Å². The van der Waals surface area contributed by atoms with E-state index in [-0.39, 0.29) is 12.8 Å². The molecule has 0 rings (SSSR count). The number of hydrogen-bond donors (Lipinski definition) is 2. The van der Waals surface area contributed by atoms with Gasteiger partial charge in [0.1, 0.15) is 0 Å². The molecule has 5 heteroatoms. The Kier molecular flexibility index (Phi) is 6.03. The first-order valence-electron chi connectivity index (χ1n) is 5.52. The van der Waals surface area contributed by atoms with Crippen molar-refractivity contribution in [3.8, 4) is 0 Å². The zero-order chi connectivity index (χ0) is 12.8. The first-order valence-corrected chi connectivity index (χ1v) is 5.52. The van der Waals surface area contributed by atoms with Gasteiger partial charge in [-0.15, -0.1) is 0 Å². The van der Waals surface area contributed by atoms with Gasteiger partial charge in [-0.05, 0) is 19.9 Å². The Labute approximate surface area is 96.1 Å². The molecule has 0 heterocycles. The molecule has 0 aromatic heterocycles. The van der Waals surface area contributed by atoms with Crippen LogP contribution in [0.4, 0.5) is 0 Å². The molecule has 0 saturated heterocycles. The molecular weight excluding hydrogens is 210 g/mol. The SMILES string of the molecule is CCC(CC)(CC(=O)O)N(C)CCC(=O)O. The summed E-state index contributed by atoms with van der Waals surface area (Å²) in [4.78, 5) is 23.2. The molecule has 0 aliphatic carbocycles. The van der Waals surface area contributed by atoms with Crippen molar-refractivity contribution >= 4 is 11.9 Å². The van der Waals surface area contributed by atoms with E-state index >= 15 is 0 Å². The lowest BCUT2D eigenvalue weighted by Crippen LogP contribution is -2.47. The summed E-state index contributed by atoms with van der Waals surface area (Å²) in [6.45, 7) is 4.25. The Hall–Kier alpha value is -1.10. The standard InChI is InChI=1S/C11H21NO4/c1-4-11(5-2,8-10(15)16)12(3)7-6-9(13)14/h4-8H2,1-3H3,(H,13,14)(H,15,16). The summed E-state index contributed by atoms with van der Waals surface area (Å²) in [5.41, 5.74) is -0.429. The highest BCUT2D eigenvalue weighted by molar-refractivity contribution is 5.68. The van der Waals surface area contributed by atoms with E-state index in [1.165, 1.54) is 0 Å². The van der Waals surface area contributed by atoms with E-state index in [0.717, 1.165) is 0 Å². The molecule has 0 aliphatic heterocycles. The first-order chi connectivity index (χ1) is 7.38. The van der Waals surface area contributed by atoms with Crippen LogP contribution in [0, 0.1) is 0 Å². The molecule has 0 bridgehead atoms. The van der Waals surface area contributed by atoms with Crippen molar-refractivity contribution in [3.05, 3.63) is 0 Å². The molecule has 0 spiro atoms. The van der Waals surface area contributed by atoms with Crippen molar-refractivity contribution in [1.29, 1.82) is 0 Å². The molecule has 5 nitrogen and oxygen atoms in total. The molecule has 0 aromatic carbocycles. The topological polar surface area (TPSA) is 77.8 Å². The zero-order valence-electron chi connectivity index (χ0n) is 10.2. The van der Waals surface area contributed by atoms with Crippen molar-refractivity contribution in [2.75, 3.05) is 13.6 Å². The molecule has 16 heavy (non-hydrogen) atoms. The lowest BCUT2D eigenvalue weighted by molar-refractivity contribution is -0.140. The summed E-state index contributed by atoms with van der Waals surface area (Å²) in [6, 6.07) is 0. The van der Waals surface area contributed by atoms with Crippen molar-refractivity contribution < 1.29 is 19.8 Å². The van der Waals surface area contributed by atoms with Gasteiger partial charge in [0, 0.05) is 12.1 Å². The van der Waals surface area contributed by atoms with Gasteiger partial charge < -0.3 is 10.2 Å². The van der Waals surface area contributed by atoms with Crippen molar-refractivity contribution in [1.82, 2.24) is 4.90 Å². The minimum atomic E-state index is -0.858. The predicted molar refractivity (Wildman–Crippen MR) is 60.4 cm³/mol. The molecule has 0 aliphatic rings. The lowest BCUT2D eigenvalue weighted by atomic mass is 9.87. The van der Waals surface area contributed by atoms with E-state index < -0.39 is 17.5 Å². The van der Waals surface area contributed by atoms with Gasteiger partial charge in [-0.1, -0.05) is 13.8 Å². The van der Waals surface area contributed by atoms with Gasteiger partial charge >= 0.3 is 11.9 Å². The number of carboxylic acid groups (broad SMARTS) is 2. The van der Waals surface area contributed by atoms with E-state index in [9.17, 15) is 9.59 Å². The molecule has 0 unspecified atom stereocenters. The molecule has 94 valence electrons. The summed E-state index contributed by atoms with van der Waals surface area (Å²) in [6.07, 6.45) is 1.49. The van der Waals surface area contributed by atoms with Crippen LogP contribution in [0.3, 0.4) is 0 Å². The lowest BCUT2D eigenvalue weighted by Gasteiger charge is -2.39. The molecule has 2 N–H and O–H groups in total. The number of rotatable bonds is 8. The van der Waals surface area contributed by atoms with Crippen LogP contribution >= 0.6 is 0 Å². The Morgan fingerprint density at radius 2 is 1.62 bits per heavy atom. The number of hydrogen-bond acceptors (Lipinski definition) is 3. The average molecular weight is 231 g/mol. The fraction of sp³-hybridized carbons (Fsp3) is 0.818. The fourth-order valence-corrected chi connectivity index (χ4v) is 1.96. The minimum Gasteiger partial charge on any atom is -0.481 e. The highest BCUT2D eigenvalue weighted by Gasteiger charge is 2.33. The van der Waals surface area contributed by atoms with E-state index in [0.29, 0.717) is 19.4 Å². The quantitative estimate of drug-likeness (QED) is 0.660. The van der Waals surface area contributed by atoms with Gasteiger partial charge in [0.25, 0.3) is 0 Å². The third-order valence-electron chi connectivity index (χ3n) is 3.27. The Balaban J connectivity index is 4.60. The van der Waals surface area contributed by atoms with Gasteiger partial charge in [0.05, 0.1) is 12.8 Å². The third-order valence-corrected chi connectivity index (χ3v) is 3.27. The smallest absolute Gasteiger partial charge is 0.305 e. The molecular formula is C11H21NO4. The zero-order valence-corrected chi connectivity index (χ0v) is 10.2. The second kappa shape index (κ2) is 6.48. The van der Waals surface area contributed by atoms with Crippen LogP contribution in [-0.2, 0) is 9.59 Å². The van der Waals surface area contributed by atoms with Crippen LogP contribution < -0.4 is 0 Å². The maximum absolute atomic E-state index is 10.8. The van der Waals surface area contributed by atoms with Crippen LogP contribution in [0.2, 0.25) is 0 Å². The van der Waals surface area contributed by atoms with E-state index in [1.54, 1.807) is 7.05 Å². The molecule has 0 saturated carbocycles. The van der Waals surface area contributed by atoms with Gasteiger partial charge in [0.15, 0.2) is 0 Å². The molecule has 0 fully saturated rings. The van der Waals surface area contributed by atoms with E-state index in [1.807, 2.05) is 18.7 Å². The van der Waals surface area contributed by atoms with E-state index in [2.05, 4.69) is 0 Å².